The standard InChI is InChI=1S/C26H36N2O4S.C25H34N2O4S.C18H26N2O3S.C12H13BrO2S/c1-9-20(24(30)27(6)7)28(23(29)18-12-10-17(2)11-13-18)21-16-19(14-15-26(3,4)5)33-22(21)25(31)32-8;1-8-19(23(29)26(6)7)27(22(28)17-11-9-16(2)10-12-17)20-15-18(13-14-25(3,4)5)32-21(20)24(30)31;1-8-13(16(21)20(5)6)19-14-11-12(9-10-18(2,3)4)24-15(14)17(22)23-7;1-12(2,3)6-5-8-7-9(13)10(16-8)11(14)15-4/h10,16,18,20H,9,11-13H2,1-8H3;9,15,17,19H,8,10-12H2,1-7H3,(H,30,31);11,13,19H,8H2,1-7H3;7H,1-4H3/t18-,20+;17-,19+;13-;/m110./s1. The summed E-state index contributed by atoms with van der Waals surface area (Å²) < 4.78 is 15.3. The van der Waals surface area contributed by atoms with Crippen molar-refractivity contribution >= 4 is 132 Å². The lowest BCUT2D eigenvalue weighted by Crippen LogP contribution is -2.51. The van der Waals surface area contributed by atoms with Crippen LogP contribution in [0.15, 0.2) is 52.0 Å². The summed E-state index contributed by atoms with van der Waals surface area (Å²) in [5, 5.41) is 13.1. The first-order chi connectivity index (χ1) is 48.7. The van der Waals surface area contributed by atoms with E-state index in [1.165, 1.54) is 91.0 Å². The molecule has 2 aliphatic rings. The number of esters is 3. The molecule has 0 saturated carbocycles. The first-order valence-electron chi connectivity index (χ1n) is 34.9. The number of aromatic carboxylic acids is 1. The predicted octanol–water partition coefficient (Wildman–Crippen LogP) is 16.6. The summed E-state index contributed by atoms with van der Waals surface area (Å²) in [6.07, 6.45) is 9.85. The summed E-state index contributed by atoms with van der Waals surface area (Å²) in [5.41, 5.74) is 3.14. The topological polar surface area (TPSA) is 230 Å². The van der Waals surface area contributed by atoms with E-state index in [-0.39, 0.29) is 84.4 Å². The third kappa shape index (κ3) is 28.7. The number of thiophene rings is 4. The van der Waals surface area contributed by atoms with Gasteiger partial charge in [0.1, 0.15) is 37.6 Å². The fourth-order valence-electron chi connectivity index (χ4n) is 10.1. The quantitative estimate of drug-likeness (QED) is 0.0409. The second kappa shape index (κ2) is 40.7. The summed E-state index contributed by atoms with van der Waals surface area (Å²) in [4.78, 5) is 126. The highest BCUT2D eigenvalue weighted by atomic mass is 79.9. The minimum Gasteiger partial charge on any atom is -0.477 e. The molecule has 4 aromatic rings. The molecule has 24 heteroatoms. The van der Waals surface area contributed by atoms with Crippen LogP contribution in [-0.4, -0.2) is 155 Å². The number of ether oxygens (including phenoxy) is 3. The van der Waals surface area contributed by atoms with E-state index in [1.807, 2.05) is 117 Å². The Hall–Kier alpha value is -7.97. The Morgan fingerprint density at radius 2 is 0.819 bits per heavy atom. The van der Waals surface area contributed by atoms with Gasteiger partial charge in [0, 0.05) is 80.3 Å². The molecular formula is C81H109BrN6O13S4. The van der Waals surface area contributed by atoms with Crippen molar-refractivity contribution in [3.63, 3.8) is 0 Å². The molecule has 0 saturated heterocycles. The number of carboxylic acids is 1. The van der Waals surface area contributed by atoms with Crippen molar-refractivity contribution in [2.24, 2.45) is 33.5 Å². The average molecular weight is 1580 g/mol. The van der Waals surface area contributed by atoms with Crippen LogP contribution in [0.1, 0.15) is 234 Å². The number of carbonyl (C=O) groups excluding carboxylic acids is 8. The first-order valence-corrected chi connectivity index (χ1v) is 38.9. The molecule has 0 aromatic carbocycles. The molecule has 0 radical (unpaired) electrons. The van der Waals surface area contributed by atoms with Crippen LogP contribution in [0.3, 0.4) is 0 Å². The summed E-state index contributed by atoms with van der Waals surface area (Å²) in [6, 6.07) is 5.16. The molecule has 0 bridgehead atoms. The van der Waals surface area contributed by atoms with Gasteiger partial charge >= 0.3 is 23.9 Å². The zero-order valence-corrected chi connectivity index (χ0v) is 71.2. The number of rotatable bonds is 18. The van der Waals surface area contributed by atoms with Gasteiger partial charge in [0.15, 0.2) is 0 Å². The van der Waals surface area contributed by atoms with E-state index in [9.17, 15) is 48.3 Å². The van der Waals surface area contributed by atoms with Gasteiger partial charge in [-0.15, -0.1) is 45.3 Å². The number of hydrogen-bond donors (Lipinski definition) is 2. The van der Waals surface area contributed by atoms with E-state index < -0.39 is 36.0 Å². The number of allylic oxidation sites excluding steroid dienone is 4. The number of methoxy groups -OCH3 is 3. The van der Waals surface area contributed by atoms with Crippen molar-refractivity contribution in [2.45, 2.75) is 194 Å². The highest BCUT2D eigenvalue weighted by Crippen LogP contribution is 2.39. The van der Waals surface area contributed by atoms with Crippen molar-refractivity contribution in [3.05, 3.63) is 91.1 Å². The predicted molar refractivity (Wildman–Crippen MR) is 430 cm³/mol. The third-order valence-corrected chi connectivity index (χ3v) is 20.7. The smallest absolute Gasteiger partial charge is 0.350 e. The largest absolute Gasteiger partial charge is 0.477 e. The molecule has 0 unspecified atom stereocenters. The molecule has 105 heavy (non-hydrogen) atoms. The number of likely N-dealkylation sites (N-methyl/N-ethyl adjacent to an activating group) is 3. The first kappa shape index (κ1) is 91.2. The Morgan fingerprint density at radius 1 is 0.495 bits per heavy atom. The third-order valence-electron chi connectivity index (χ3n) is 15.7. The highest BCUT2D eigenvalue weighted by molar-refractivity contribution is 9.10. The maximum absolute atomic E-state index is 13.9. The van der Waals surface area contributed by atoms with Crippen LogP contribution in [-0.2, 0) is 38.2 Å². The number of carbonyl (C=O) groups is 9. The number of nitrogens with zero attached hydrogens (tertiary/aromatic N) is 5. The van der Waals surface area contributed by atoms with Crippen LogP contribution in [0.5, 0.6) is 0 Å². The second-order valence-electron chi connectivity index (χ2n) is 30.2. The Morgan fingerprint density at radius 3 is 1.14 bits per heavy atom. The van der Waals surface area contributed by atoms with Crippen molar-refractivity contribution < 1.29 is 62.5 Å². The lowest BCUT2D eigenvalue weighted by Gasteiger charge is -2.35. The Kier molecular flexibility index (Phi) is 35.3. The lowest BCUT2D eigenvalue weighted by molar-refractivity contribution is -0.133. The van der Waals surface area contributed by atoms with Crippen LogP contribution in [0.25, 0.3) is 0 Å². The number of halogens is 1. The van der Waals surface area contributed by atoms with Gasteiger partial charge in [0.2, 0.25) is 29.5 Å². The molecule has 0 aliphatic heterocycles. The van der Waals surface area contributed by atoms with Crippen LogP contribution in [0, 0.1) is 80.9 Å². The lowest BCUT2D eigenvalue weighted by atomic mass is 9.88. The maximum Gasteiger partial charge on any atom is 0.350 e. The summed E-state index contributed by atoms with van der Waals surface area (Å²) in [5.74, 6) is 21.1. The molecule has 572 valence electrons. The van der Waals surface area contributed by atoms with Gasteiger partial charge in [0.25, 0.3) is 0 Å². The van der Waals surface area contributed by atoms with Crippen LogP contribution < -0.4 is 15.1 Å². The van der Waals surface area contributed by atoms with Crippen LogP contribution in [0.4, 0.5) is 17.1 Å². The van der Waals surface area contributed by atoms with E-state index in [0.717, 1.165) is 44.8 Å². The summed E-state index contributed by atoms with van der Waals surface area (Å²) in [7, 11) is 14.1. The van der Waals surface area contributed by atoms with E-state index >= 15 is 0 Å². The van der Waals surface area contributed by atoms with E-state index in [1.54, 1.807) is 60.5 Å². The highest BCUT2D eigenvalue weighted by Gasteiger charge is 2.40. The summed E-state index contributed by atoms with van der Waals surface area (Å²) in [6.45, 7) is 33.9. The van der Waals surface area contributed by atoms with E-state index in [4.69, 9.17) is 9.47 Å². The SMILES string of the molecule is CC[C@@H](C(=O)N(C)C)N(C(=O)[C@@H]1CC=C(C)CC1)c1cc(C#CC(C)(C)C)sc1C(=O)O.CC[C@@H](C(=O)N(C)C)N(C(=O)[C@@H]1CC=C(C)CC1)c1cc(C#CC(C)(C)C)sc1C(=O)OC.CC[C@H](Nc1cc(C#CC(C)(C)C)sc1C(=O)OC)C(=O)N(C)C.COC(=O)c1sc(C#CC(C)(C)C)cc1Br. The maximum atomic E-state index is 13.9. The van der Waals surface area contributed by atoms with Crippen molar-refractivity contribution in [2.75, 3.05) is 78.7 Å². The Labute approximate surface area is 648 Å². The van der Waals surface area contributed by atoms with Gasteiger partial charge in [-0.3, -0.25) is 33.8 Å². The molecule has 5 amide bonds. The van der Waals surface area contributed by atoms with Crippen LogP contribution >= 0.6 is 61.3 Å². The van der Waals surface area contributed by atoms with Gasteiger partial charge in [-0.05, 0) is 195 Å². The van der Waals surface area contributed by atoms with Crippen LogP contribution in [0.2, 0.25) is 0 Å². The normalized spacial score (nSPS) is 14.8. The molecule has 19 nitrogen and oxygen atoms in total. The molecule has 4 aromatic heterocycles. The van der Waals surface area contributed by atoms with Crippen molar-refractivity contribution in [1.82, 2.24) is 14.7 Å². The fraction of sp³-hybridized carbons (Fsp3) is 0.543. The zero-order chi connectivity index (χ0) is 80.0. The van der Waals surface area contributed by atoms with Gasteiger partial charge in [-0.2, -0.15) is 0 Å². The second-order valence-corrected chi connectivity index (χ2v) is 35.2. The summed E-state index contributed by atoms with van der Waals surface area (Å²) >= 11 is 8.17. The average Bonchev–Trinajstić information content (AvgIpc) is 1.69. The number of carboxylic acid groups (broad SMARTS) is 1. The minimum atomic E-state index is -1.13. The molecule has 5 atom stereocenters. The number of anilines is 3. The van der Waals surface area contributed by atoms with Gasteiger partial charge < -0.3 is 39.3 Å². The molecule has 6 rings (SSSR count). The number of nitrogens with one attached hydrogen (secondary N) is 1. The fourth-order valence-corrected chi connectivity index (χ4v) is 14.4. The number of amides is 5. The van der Waals surface area contributed by atoms with E-state index in [0.29, 0.717) is 69.4 Å². The van der Waals surface area contributed by atoms with Crippen molar-refractivity contribution in [1.29, 1.82) is 0 Å². The molecule has 4 heterocycles. The van der Waals surface area contributed by atoms with Gasteiger partial charge in [-0.1, -0.05) is 91.4 Å². The van der Waals surface area contributed by atoms with Crippen molar-refractivity contribution in [3.8, 4) is 47.4 Å². The zero-order valence-electron chi connectivity index (χ0n) is 66.3. The molecule has 0 spiro atoms. The Balaban J connectivity index is 0.000000375. The molecular weight excluding hydrogens is 1470 g/mol. The van der Waals surface area contributed by atoms with Gasteiger partial charge in [0.05, 0.1) is 57.9 Å². The molecule has 0 fully saturated rings. The Bertz CT molecular complexity index is 4110. The molecule has 2 aliphatic carbocycles. The van der Waals surface area contributed by atoms with Gasteiger partial charge in [-0.25, -0.2) is 19.2 Å². The minimum absolute atomic E-state index is 0.0316. The monoisotopic (exact) mass is 1580 g/mol. The number of hydrogen-bond acceptors (Lipinski definition) is 17. The van der Waals surface area contributed by atoms with E-state index in [2.05, 4.69) is 92.4 Å². The molecule has 2 N–H and O–H groups in total.